The van der Waals surface area contributed by atoms with Crippen molar-refractivity contribution >= 4 is 28.2 Å². The summed E-state index contributed by atoms with van der Waals surface area (Å²) in [5.41, 5.74) is 2.52. The van der Waals surface area contributed by atoms with Crippen molar-refractivity contribution in [3.05, 3.63) is 11.1 Å². The molecule has 0 saturated carbocycles. The molecule has 11 heavy (non-hydrogen) atoms. The van der Waals surface area contributed by atoms with Crippen molar-refractivity contribution in [2.45, 2.75) is 12.7 Å². The standard InChI is InChI=1S/C6H11N3S2/c1-2-10-4-5-3-8-6(9-7)11-5/h3H,2,4,7H2,1H3,(H,8,9). The maximum Gasteiger partial charge on any atom is 0.197 e. The summed E-state index contributed by atoms with van der Waals surface area (Å²) >= 11 is 3.49. The summed E-state index contributed by atoms with van der Waals surface area (Å²) in [6, 6.07) is 0. The van der Waals surface area contributed by atoms with E-state index in [0.29, 0.717) is 0 Å². The summed E-state index contributed by atoms with van der Waals surface area (Å²) in [7, 11) is 0. The number of thiazole rings is 1. The maximum atomic E-state index is 5.18. The Morgan fingerprint density at radius 3 is 3.18 bits per heavy atom. The van der Waals surface area contributed by atoms with Gasteiger partial charge in [0.15, 0.2) is 5.13 Å². The Hall–Kier alpha value is -0.260. The summed E-state index contributed by atoms with van der Waals surface area (Å²) in [5, 5.41) is 0.789. The largest absolute Gasteiger partial charge is 0.300 e. The fourth-order valence-corrected chi connectivity index (χ4v) is 2.13. The minimum Gasteiger partial charge on any atom is -0.300 e. The first-order valence-corrected chi connectivity index (χ1v) is 5.33. The van der Waals surface area contributed by atoms with Gasteiger partial charge in [0.05, 0.1) is 0 Å². The van der Waals surface area contributed by atoms with Crippen molar-refractivity contribution < 1.29 is 0 Å². The van der Waals surface area contributed by atoms with Crippen LogP contribution < -0.4 is 11.3 Å². The molecule has 3 nitrogen and oxygen atoms in total. The van der Waals surface area contributed by atoms with Crippen LogP contribution in [0.3, 0.4) is 0 Å². The van der Waals surface area contributed by atoms with Crippen LogP contribution in [0.1, 0.15) is 11.8 Å². The molecule has 1 heterocycles. The van der Waals surface area contributed by atoms with Crippen LogP contribution in [0.5, 0.6) is 0 Å². The van der Waals surface area contributed by atoms with E-state index in [1.165, 1.54) is 4.88 Å². The summed E-state index contributed by atoms with van der Waals surface area (Å²) in [4.78, 5) is 5.32. The number of aromatic nitrogens is 1. The molecule has 0 amide bonds. The van der Waals surface area contributed by atoms with Crippen LogP contribution in [-0.4, -0.2) is 10.7 Å². The highest BCUT2D eigenvalue weighted by molar-refractivity contribution is 7.98. The van der Waals surface area contributed by atoms with Crippen molar-refractivity contribution in [3.8, 4) is 0 Å². The minimum atomic E-state index is 0.789. The molecule has 0 fully saturated rings. The zero-order valence-corrected chi connectivity index (χ0v) is 7.97. The predicted octanol–water partition coefficient (Wildman–Crippen LogP) is 1.68. The Balaban J connectivity index is 2.44. The first-order valence-electron chi connectivity index (χ1n) is 3.36. The molecule has 0 spiro atoms. The van der Waals surface area contributed by atoms with Crippen LogP contribution in [-0.2, 0) is 5.75 Å². The van der Waals surface area contributed by atoms with Crippen LogP contribution in [0.4, 0.5) is 5.13 Å². The molecule has 0 bridgehead atoms. The van der Waals surface area contributed by atoms with Crippen molar-refractivity contribution in [2.24, 2.45) is 5.84 Å². The van der Waals surface area contributed by atoms with Crippen LogP contribution in [0.2, 0.25) is 0 Å². The molecule has 0 saturated heterocycles. The maximum absolute atomic E-state index is 5.18. The molecule has 0 aliphatic rings. The number of nitrogens with two attached hydrogens (primary N) is 1. The number of hydrogen-bond donors (Lipinski definition) is 2. The average Bonchev–Trinajstić information content (AvgIpc) is 2.48. The molecule has 1 aromatic heterocycles. The van der Waals surface area contributed by atoms with Crippen molar-refractivity contribution in [1.29, 1.82) is 0 Å². The first kappa shape index (κ1) is 8.83. The topological polar surface area (TPSA) is 50.9 Å². The summed E-state index contributed by atoms with van der Waals surface area (Å²) in [5.74, 6) is 7.36. The molecule has 62 valence electrons. The highest BCUT2D eigenvalue weighted by atomic mass is 32.2. The van der Waals surface area contributed by atoms with Gasteiger partial charge in [-0.05, 0) is 5.75 Å². The molecule has 0 atom stereocenters. The van der Waals surface area contributed by atoms with Crippen LogP contribution in [0, 0.1) is 0 Å². The predicted molar refractivity (Wildman–Crippen MR) is 51.8 cm³/mol. The molecule has 5 heteroatoms. The van der Waals surface area contributed by atoms with Crippen LogP contribution in [0.15, 0.2) is 6.20 Å². The molecular formula is C6H11N3S2. The molecule has 3 N–H and O–H groups in total. The highest BCUT2D eigenvalue weighted by Crippen LogP contribution is 2.21. The number of hydrogen-bond acceptors (Lipinski definition) is 5. The van der Waals surface area contributed by atoms with Gasteiger partial charge >= 0.3 is 0 Å². The second-order valence-electron chi connectivity index (χ2n) is 1.91. The Morgan fingerprint density at radius 1 is 1.82 bits per heavy atom. The average molecular weight is 189 g/mol. The van der Waals surface area contributed by atoms with E-state index >= 15 is 0 Å². The van der Waals surface area contributed by atoms with Gasteiger partial charge < -0.3 is 0 Å². The monoisotopic (exact) mass is 189 g/mol. The summed E-state index contributed by atoms with van der Waals surface area (Å²) < 4.78 is 0. The molecule has 0 aliphatic heterocycles. The third-order valence-electron chi connectivity index (χ3n) is 1.13. The van der Waals surface area contributed by atoms with E-state index in [0.717, 1.165) is 16.6 Å². The second-order valence-corrected chi connectivity index (χ2v) is 4.30. The van der Waals surface area contributed by atoms with E-state index in [4.69, 9.17) is 5.84 Å². The lowest BCUT2D eigenvalue weighted by atomic mass is 10.6. The van der Waals surface area contributed by atoms with E-state index in [1.807, 2.05) is 18.0 Å². The summed E-state index contributed by atoms with van der Waals surface area (Å²) in [6.45, 7) is 2.15. The quantitative estimate of drug-likeness (QED) is 0.559. The third-order valence-corrected chi connectivity index (χ3v) is 3.16. The Kier molecular flexibility index (Phi) is 3.68. The van der Waals surface area contributed by atoms with Gasteiger partial charge in [-0.3, -0.25) is 5.43 Å². The van der Waals surface area contributed by atoms with Crippen molar-refractivity contribution in [2.75, 3.05) is 11.2 Å². The number of anilines is 1. The number of hydrazine groups is 1. The van der Waals surface area contributed by atoms with Gasteiger partial charge in [0, 0.05) is 16.8 Å². The van der Waals surface area contributed by atoms with Crippen molar-refractivity contribution in [3.63, 3.8) is 0 Å². The SMILES string of the molecule is CCSCc1cnc(NN)s1. The van der Waals surface area contributed by atoms with E-state index in [1.54, 1.807) is 11.3 Å². The Labute approximate surface area is 74.4 Å². The molecule has 0 radical (unpaired) electrons. The van der Waals surface area contributed by atoms with E-state index in [-0.39, 0.29) is 0 Å². The van der Waals surface area contributed by atoms with E-state index in [2.05, 4.69) is 17.3 Å². The van der Waals surface area contributed by atoms with Crippen LogP contribution >= 0.6 is 23.1 Å². The second kappa shape index (κ2) is 4.58. The highest BCUT2D eigenvalue weighted by Gasteiger charge is 1.98. The molecule has 1 rings (SSSR count). The lowest BCUT2D eigenvalue weighted by Gasteiger charge is -1.91. The first-order chi connectivity index (χ1) is 5.36. The number of nitrogens with one attached hydrogen (secondary N) is 1. The van der Waals surface area contributed by atoms with Crippen molar-refractivity contribution in [1.82, 2.24) is 4.98 Å². The summed E-state index contributed by atoms with van der Waals surface area (Å²) in [6.07, 6.45) is 1.86. The van der Waals surface area contributed by atoms with Gasteiger partial charge in [0.1, 0.15) is 0 Å². The van der Waals surface area contributed by atoms with E-state index in [9.17, 15) is 0 Å². The lowest BCUT2D eigenvalue weighted by molar-refractivity contribution is 1.28. The fraction of sp³-hybridized carbons (Fsp3) is 0.500. The van der Waals surface area contributed by atoms with E-state index < -0.39 is 0 Å². The number of rotatable bonds is 4. The molecule has 0 aromatic carbocycles. The zero-order chi connectivity index (χ0) is 8.10. The normalized spacial score (nSPS) is 10.0. The Bertz CT molecular complexity index is 211. The molecular weight excluding hydrogens is 178 g/mol. The van der Waals surface area contributed by atoms with Gasteiger partial charge in [-0.1, -0.05) is 6.92 Å². The smallest absolute Gasteiger partial charge is 0.197 e. The van der Waals surface area contributed by atoms with Crippen LogP contribution in [0.25, 0.3) is 0 Å². The van der Waals surface area contributed by atoms with Gasteiger partial charge in [-0.25, -0.2) is 10.8 Å². The number of nitrogens with zero attached hydrogens (tertiary/aromatic N) is 1. The van der Waals surface area contributed by atoms with Gasteiger partial charge in [-0.2, -0.15) is 11.8 Å². The van der Waals surface area contributed by atoms with Gasteiger partial charge in [0.2, 0.25) is 0 Å². The third kappa shape index (κ3) is 2.69. The van der Waals surface area contributed by atoms with Gasteiger partial charge in [-0.15, -0.1) is 11.3 Å². The fourth-order valence-electron chi connectivity index (χ4n) is 0.644. The zero-order valence-electron chi connectivity index (χ0n) is 6.33. The molecule has 0 unspecified atom stereocenters. The Morgan fingerprint density at radius 2 is 2.64 bits per heavy atom. The minimum absolute atomic E-state index is 0.789. The molecule has 0 aliphatic carbocycles. The number of nitrogen functional groups attached to an aromatic ring is 1. The van der Waals surface area contributed by atoms with Gasteiger partial charge in [0.25, 0.3) is 0 Å². The molecule has 1 aromatic rings. The number of thioether (sulfide) groups is 1. The lowest BCUT2D eigenvalue weighted by Crippen LogP contribution is -2.05.